The number of hydrogen-bond donors (Lipinski definition) is 2. The summed E-state index contributed by atoms with van der Waals surface area (Å²) < 4.78 is 27.5. The van der Waals surface area contributed by atoms with Crippen LogP contribution in [-0.4, -0.2) is 13.4 Å². The number of anilines is 2. The number of nitrogen functional groups attached to an aromatic ring is 1. The zero-order chi connectivity index (χ0) is 15.6. The van der Waals surface area contributed by atoms with Crippen LogP contribution in [0.25, 0.3) is 0 Å². The lowest BCUT2D eigenvalue weighted by atomic mass is 10.2. The number of halogens is 1. The Hall–Kier alpha value is -2.11. The molecule has 0 saturated carbocycles. The van der Waals surface area contributed by atoms with E-state index in [1.165, 1.54) is 18.2 Å². The summed E-state index contributed by atoms with van der Waals surface area (Å²) in [5.41, 5.74) is 7.58. The van der Waals surface area contributed by atoms with Gasteiger partial charge in [0.1, 0.15) is 16.7 Å². The van der Waals surface area contributed by atoms with Gasteiger partial charge >= 0.3 is 0 Å². The molecule has 108 valence electrons. The van der Waals surface area contributed by atoms with Crippen molar-refractivity contribution in [3.63, 3.8) is 0 Å². The molecule has 0 aliphatic heterocycles. The number of nitrogens with zero attached hydrogens (tertiary/aromatic N) is 2. The fourth-order valence-corrected chi connectivity index (χ4v) is 3.28. The van der Waals surface area contributed by atoms with Gasteiger partial charge in [-0.05, 0) is 52.7 Å². The smallest absolute Gasteiger partial charge is 0.263 e. The molecule has 0 fully saturated rings. The van der Waals surface area contributed by atoms with E-state index in [2.05, 4.69) is 25.6 Å². The van der Waals surface area contributed by atoms with Crippen LogP contribution >= 0.6 is 15.9 Å². The lowest BCUT2D eigenvalue weighted by Gasteiger charge is -2.11. The molecule has 8 heteroatoms. The molecule has 6 nitrogen and oxygen atoms in total. The van der Waals surface area contributed by atoms with E-state index in [0.29, 0.717) is 15.8 Å². The minimum Gasteiger partial charge on any atom is -0.398 e. The number of aromatic nitrogens is 1. The van der Waals surface area contributed by atoms with E-state index in [9.17, 15) is 8.42 Å². The maximum Gasteiger partial charge on any atom is 0.263 e. The Labute approximate surface area is 130 Å². The second-order valence-corrected chi connectivity index (χ2v) is 6.82. The lowest BCUT2D eigenvalue weighted by Crippen LogP contribution is -2.14. The van der Waals surface area contributed by atoms with Crippen molar-refractivity contribution in [2.75, 3.05) is 10.5 Å². The molecule has 1 aromatic carbocycles. The zero-order valence-electron chi connectivity index (χ0n) is 11.0. The van der Waals surface area contributed by atoms with E-state index in [4.69, 9.17) is 11.0 Å². The van der Waals surface area contributed by atoms with Gasteiger partial charge in [-0.1, -0.05) is 0 Å². The normalized spacial score (nSPS) is 10.9. The number of hydrogen-bond acceptors (Lipinski definition) is 5. The highest BCUT2D eigenvalue weighted by atomic mass is 79.9. The Bertz CT molecular complexity index is 826. The highest BCUT2D eigenvalue weighted by molar-refractivity contribution is 9.10. The van der Waals surface area contributed by atoms with Crippen LogP contribution in [0.4, 0.5) is 11.4 Å². The Kier molecular flexibility index (Phi) is 4.16. The fourth-order valence-electron chi connectivity index (χ4n) is 1.58. The van der Waals surface area contributed by atoms with Gasteiger partial charge in [0.2, 0.25) is 0 Å². The first-order valence-electron chi connectivity index (χ1n) is 5.78. The predicted molar refractivity (Wildman–Crippen MR) is 83.1 cm³/mol. The van der Waals surface area contributed by atoms with Crippen molar-refractivity contribution in [2.45, 2.75) is 11.8 Å². The van der Waals surface area contributed by atoms with E-state index in [0.717, 1.165) is 11.8 Å². The summed E-state index contributed by atoms with van der Waals surface area (Å²) in [7, 11) is -3.80. The number of nitrogens with one attached hydrogen (secondary N) is 1. The van der Waals surface area contributed by atoms with Crippen LogP contribution in [-0.2, 0) is 10.0 Å². The van der Waals surface area contributed by atoms with Crippen molar-refractivity contribution in [1.29, 1.82) is 5.26 Å². The largest absolute Gasteiger partial charge is 0.398 e. The molecule has 0 aliphatic rings. The van der Waals surface area contributed by atoms with E-state index in [-0.39, 0.29) is 10.6 Å². The first-order valence-corrected chi connectivity index (χ1v) is 8.05. The fraction of sp³-hybridized carbons (Fsp3) is 0.0769. The van der Waals surface area contributed by atoms with E-state index < -0.39 is 10.0 Å². The van der Waals surface area contributed by atoms with Crippen LogP contribution in [0, 0.1) is 18.3 Å². The van der Waals surface area contributed by atoms with E-state index >= 15 is 0 Å². The maximum absolute atomic E-state index is 12.3. The van der Waals surface area contributed by atoms with Gasteiger partial charge in [-0.15, -0.1) is 0 Å². The summed E-state index contributed by atoms with van der Waals surface area (Å²) in [5.74, 6) is 0. The minimum atomic E-state index is -3.80. The molecule has 0 aliphatic carbocycles. The summed E-state index contributed by atoms with van der Waals surface area (Å²) in [4.78, 5) is 3.71. The van der Waals surface area contributed by atoms with Gasteiger partial charge in [-0.2, -0.15) is 5.26 Å². The number of pyridine rings is 1. The van der Waals surface area contributed by atoms with Gasteiger partial charge in [0.15, 0.2) is 0 Å². The Morgan fingerprint density at radius 2 is 2.10 bits per heavy atom. The topological polar surface area (TPSA) is 109 Å². The molecule has 3 N–H and O–H groups in total. The number of nitriles is 1. The van der Waals surface area contributed by atoms with Gasteiger partial charge in [-0.25, -0.2) is 13.4 Å². The maximum atomic E-state index is 12.3. The molecule has 0 amide bonds. The molecule has 0 bridgehead atoms. The predicted octanol–water partition coefficient (Wildman–Crippen LogP) is 2.41. The first kappa shape index (κ1) is 15.3. The van der Waals surface area contributed by atoms with Crippen LogP contribution in [0.1, 0.15) is 11.3 Å². The molecule has 1 aromatic heterocycles. The number of nitrogens with two attached hydrogens (primary N) is 1. The van der Waals surface area contributed by atoms with Crippen LogP contribution in [0.3, 0.4) is 0 Å². The van der Waals surface area contributed by atoms with E-state index in [1.807, 2.05) is 13.0 Å². The van der Waals surface area contributed by atoms with Crippen molar-refractivity contribution >= 4 is 37.3 Å². The monoisotopic (exact) mass is 366 g/mol. The highest BCUT2D eigenvalue weighted by Crippen LogP contribution is 2.29. The average Bonchev–Trinajstić information content (AvgIpc) is 2.44. The average molecular weight is 367 g/mol. The summed E-state index contributed by atoms with van der Waals surface area (Å²) in [5, 5.41) is 8.66. The third kappa shape index (κ3) is 3.32. The van der Waals surface area contributed by atoms with Gasteiger partial charge in [-0.3, -0.25) is 4.72 Å². The Morgan fingerprint density at radius 3 is 2.67 bits per heavy atom. The van der Waals surface area contributed by atoms with Gasteiger partial charge in [0, 0.05) is 16.4 Å². The standard InChI is InChI=1S/C13H11BrN4O2S/c1-8-4-11(14)13(5-12(8)16)18-21(19,20)10-3-2-9(6-15)17-7-10/h2-5,7,18H,16H2,1H3. The molecular formula is C13H11BrN4O2S. The molecule has 2 aromatic rings. The molecule has 0 spiro atoms. The Morgan fingerprint density at radius 1 is 1.38 bits per heavy atom. The second-order valence-electron chi connectivity index (χ2n) is 4.29. The summed E-state index contributed by atoms with van der Waals surface area (Å²) in [6.07, 6.45) is 1.13. The molecule has 0 radical (unpaired) electrons. The van der Waals surface area contributed by atoms with Crippen molar-refractivity contribution in [2.24, 2.45) is 0 Å². The zero-order valence-corrected chi connectivity index (χ0v) is 13.4. The first-order chi connectivity index (χ1) is 9.83. The lowest BCUT2D eigenvalue weighted by molar-refractivity contribution is 0.601. The molecule has 1 heterocycles. The Balaban J connectivity index is 2.37. The van der Waals surface area contributed by atoms with Crippen molar-refractivity contribution in [3.05, 3.63) is 46.2 Å². The van der Waals surface area contributed by atoms with Crippen LogP contribution in [0.2, 0.25) is 0 Å². The molecule has 0 saturated heterocycles. The van der Waals surface area contributed by atoms with Crippen LogP contribution in [0.15, 0.2) is 39.8 Å². The molecule has 0 unspecified atom stereocenters. The van der Waals surface area contributed by atoms with E-state index in [1.54, 1.807) is 6.07 Å². The van der Waals surface area contributed by atoms with Crippen LogP contribution < -0.4 is 10.5 Å². The quantitative estimate of drug-likeness (QED) is 0.810. The third-order valence-electron chi connectivity index (χ3n) is 2.76. The van der Waals surface area contributed by atoms with Crippen molar-refractivity contribution in [3.8, 4) is 6.07 Å². The third-order valence-corrected chi connectivity index (χ3v) is 4.77. The minimum absolute atomic E-state index is 0.0347. The molecule has 2 rings (SSSR count). The van der Waals surface area contributed by atoms with Crippen molar-refractivity contribution < 1.29 is 8.42 Å². The summed E-state index contributed by atoms with van der Waals surface area (Å²) in [6.45, 7) is 1.82. The number of aryl methyl sites for hydroxylation is 1. The van der Waals surface area contributed by atoms with Gasteiger partial charge in [0.05, 0.1) is 5.69 Å². The summed E-state index contributed by atoms with van der Waals surface area (Å²) in [6, 6.07) is 7.75. The number of rotatable bonds is 3. The van der Waals surface area contributed by atoms with Gasteiger partial charge < -0.3 is 5.73 Å². The second kappa shape index (κ2) is 5.71. The highest BCUT2D eigenvalue weighted by Gasteiger charge is 2.17. The summed E-state index contributed by atoms with van der Waals surface area (Å²) >= 11 is 3.29. The molecular weight excluding hydrogens is 356 g/mol. The van der Waals surface area contributed by atoms with Crippen molar-refractivity contribution in [1.82, 2.24) is 4.98 Å². The molecule has 21 heavy (non-hydrogen) atoms. The molecule has 0 atom stereocenters. The van der Waals surface area contributed by atoms with Crippen LogP contribution in [0.5, 0.6) is 0 Å². The number of sulfonamides is 1. The van der Waals surface area contributed by atoms with Gasteiger partial charge in [0.25, 0.3) is 10.0 Å². The SMILES string of the molecule is Cc1cc(Br)c(NS(=O)(=O)c2ccc(C#N)nc2)cc1N. The number of benzene rings is 1.